The zero-order valence-corrected chi connectivity index (χ0v) is 14.1. The Bertz CT molecular complexity index is 621. The highest BCUT2D eigenvalue weighted by Gasteiger charge is 2.30. The number of nitrogens with zero attached hydrogens (tertiary/aromatic N) is 1. The number of carbonyl (C=O) groups excluding carboxylic acids is 3. The second kappa shape index (κ2) is 7.92. The van der Waals surface area contributed by atoms with E-state index in [-0.39, 0.29) is 30.1 Å². The summed E-state index contributed by atoms with van der Waals surface area (Å²) in [6, 6.07) is 6.43. The predicted molar refractivity (Wildman–Crippen MR) is 87.6 cm³/mol. The number of anilines is 1. The first-order valence-corrected chi connectivity index (χ1v) is 7.94. The number of rotatable bonds is 3. The molecule has 1 aromatic carbocycles. The minimum atomic E-state index is -0.784. The highest BCUT2D eigenvalue weighted by molar-refractivity contribution is 6.39. The molecule has 0 radical (unpaired) electrons. The lowest BCUT2D eigenvalue weighted by Crippen LogP contribution is -2.51. The number of carbonyl (C=O) groups is 3. The number of para-hydroxylation sites is 1. The molecule has 0 aromatic heterocycles. The summed E-state index contributed by atoms with van der Waals surface area (Å²) in [5, 5.41) is 2.50. The molecule has 0 saturated carbocycles. The third-order valence-electron chi connectivity index (χ3n) is 3.57. The molecule has 2 unspecified atom stereocenters. The van der Waals surface area contributed by atoms with Crippen LogP contribution in [0.4, 0.5) is 5.69 Å². The third-order valence-corrected chi connectivity index (χ3v) is 3.57. The molecular weight excluding hydrogens is 312 g/mol. The summed E-state index contributed by atoms with van der Waals surface area (Å²) in [5.74, 6) is -1.97. The van der Waals surface area contributed by atoms with Gasteiger partial charge in [0.05, 0.1) is 30.1 Å². The van der Waals surface area contributed by atoms with Crippen LogP contribution in [0.2, 0.25) is 0 Å². The molecule has 0 spiro atoms. The van der Waals surface area contributed by atoms with Gasteiger partial charge in [-0.25, -0.2) is 4.79 Å². The Morgan fingerprint density at radius 2 is 1.83 bits per heavy atom. The molecule has 0 bridgehead atoms. The first-order chi connectivity index (χ1) is 11.4. The predicted octanol–water partition coefficient (Wildman–Crippen LogP) is 1.44. The lowest BCUT2D eigenvalue weighted by molar-refractivity contribution is -0.151. The number of amides is 2. The Balaban J connectivity index is 2.09. The molecule has 1 N–H and O–H groups in total. The van der Waals surface area contributed by atoms with Crippen molar-refractivity contribution in [2.24, 2.45) is 0 Å². The Morgan fingerprint density at radius 3 is 2.46 bits per heavy atom. The number of benzene rings is 1. The van der Waals surface area contributed by atoms with Crippen molar-refractivity contribution in [3.63, 3.8) is 0 Å². The highest BCUT2D eigenvalue weighted by atomic mass is 16.5. The molecular formula is C17H22N2O5. The van der Waals surface area contributed by atoms with Gasteiger partial charge in [-0.1, -0.05) is 12.1 Å². The summed E-state index contributed by atoms with van der Waals surface area (Å²) in [5.41, 5.74) is 0.466. The number of nitrogens with one attached hydrogen (secondary N) is 1. The summed E-state index contributed by atoms with van der Waals surface area (Å²) < 4.78 is 10.5. The van der Waals surface area contributed by atoms with E-state index in [9.17, 15) is 14.4 Å². The van der Waals surface area contributed by atoms with Gasteiger partial charge in [0.2, 0.25) is 0 Å². The standard InChI is InChI=1S/C17H22N2O5/c1-4-23-17(22)13-7-5-6-8-14(13)18-15(20)16(21)19-9-11(2)24-12(3)10-19/h5-8,11-12H,4,9-10H2,1-3H3,(H,18,20). The van der Waals surface area contributed by atoms with Crippen LogP contribution in [0.15, 0.2) is 24.3 Å². The average Bonchev–Trinajstić information content (AvgIpc) is 2.53. The van der Waals surface area contributed by atoms with Crippen molar-refractivity contribution in [1.29, 1.82) is 0 Å². The normalized spacial score (nSPS) is 20.4. The van der Waals surface area contributed by atoms with Gasteiger partial charge < -0.3 is 19.7 Å². The van der Waals surface area contributed by atoms with Crippen LogP contribution in [0, 0.1) is 0 Å². The molecule has 24 heavy (non-hydrogen) atoms. The van der Waals surface area contributed by atoms with E-state index in [4.69, 9.17) is 9.47 Å². The lowest BCUT2D eigenvalue weighted by atomic mass is 10.1. The second-order valence-electron chi connectivity index (χ2n) is 5.69. The van der Waals surface area contributed by atoms with E-state index >= 15 is 0 Å². The molecule has 1 aliphatic heterocycles. The van der Waals surface area contributed by atoms with Gasteiger partial charge in [-0.2, -0.15) is 0 Å². The summed E-state index contributed by atoms with van der Waals surface area (Å²) in [7, 11) is 0. The van der Waals surface area contributed by atoms with Gasteiger partial charge in [0, 0.05) is 13.1 Å². The van der Waals surface area contributed by atoms with Crippen molar-refractivity contribution >= 4 is 23.5 Å². The minimum Gasteiger partial charge on any atom is -0.462 e. The van der Waals surface area contributed by atoms with E-state index < -0.39 is 17.8 Å². The molecule has 1 saturated heterocycles. The van der Waals surface area contributed by atoms with Crippen molar-refractivity contribution in [2.45, 2.75) is 33.0 Å². The smallest absolute Gasteiger partial charge is 0.340 e. The highest BCUT2D eigenvalue weighted by Crippen LogP contribution is 2.17. The largest absolute Gasteiger partial charge is 0.462 e. The molecule has 0 aliphatic carbocycles. The fourth-order valence-electron chi connectivity index (χ4n) is 2.64. The molecule has 1 aromatic rings. The van der Waals surface area contributed by atoms with E-state index in [0.29, 0.717) is 13.1 Å². The Labute approximate surface area is 140 Å². The van der Waals surface area contributed by atoms with Gasteiger partial charge in [0.1, 0.15) is 0 Å². The maximum atomic E-state index is 12.3. The number of hydrogen-bond acceptors (Lipinski definition) is 5. The summed E-state index contributed by atoms with van der Waals surface area (Å²) in [4.78, 5) is 38.0. The SMILES string of the molecule is CCOC(=O)c1ccccc1NC(=O)C(=O)N1CC(C)OC(C)C1. The van der Waals surface area contributed by atoms with Crippen molar-refractivity contribution in [2.75, 3.05) is 25.0 Å². The van der Waals surface area contributed by atoms with Crippen molar-refractivity contribution < 1.29 is 23.9 Å². The van der Waals surface area contributed by atoms with Crippen LogP contribution in [0.1, 0.15) is 31.1 Å². The van der Waals surface area contributed by atoms with Gasteiger partial charge in [0.15, 0.2) is 0 Å². The molecule has 1 fully saturated rings. The zero-order valence-electron chi connectivity index (χ0n) is 14.1. The van der Waals surface area contributed by atoms with Crippen LogP contribution in [-0.2, 0) is 19.1 Å². The fourth-order valence-corrected chi connectivity index (χ4v) is 2.64. The quantitative estimate of drug-likeness (QED) is 0.668. The number of ether oxygens (including phenoxy) is 2. The third kappa shape index (κ3) is 4.32. The Morgan fingerprint density at radius 1 is 1.21 bits per heavy atom. The first-order valence-electron chi connectivity index (χ1n) is 7.94. The molecule has 130 valence electrons. The molecule has 2 rings (SSSR count). The topological polar surface area (TPSA) is 84.9 Å². The van der Waals surface area contributed by atoms with E-state index in [1.54, 1.807) is 25.1 Å². The van der Waals surface area contributed by atoms with E-state index in [1.165, 1.54) is 11.0 Å². The zero-order chi connectivity index (χ0) is 17.7. The summed E-state index contributed by atoms with van der Waals surface area (Å²) in [6.45, 7) is 6.34. The number of hydrogen-bond donors (Lipinski definition) is 1. The maximum Gasteiger partial charge on any atom is 0.340 e. The van der Waals surface area contributed by atoms with Crippen LogP contribution in [0.5, 0.6) is 0 Å². The number of esters is 1. The van der Waals surface area contributed by atoms with E-state index in [0.717, 1.165) is 0 Å². The van der Waals surface area contributed by atoms with Crippen LogP contribution in [0.3, 0.4) is 0 Å². The lowest BCUT2D eigenvalue weighted by Gasteiger charge is -2.34. The van der Waals surface area contributed by atoms with Crippen LogP contribution < -0.4 is 5.32 Å². The van der Waals surface area contributed by atoms with Crippen molar-refractivity contribution in [3.8, 4) is 0 Å². The number of morpholine rings is 1. The van der Waals surface area contributed by atoms with Gasteiger partial charge in [-0.15, -0.1) is 0 Å². The summed E-state index contributed by atoms with van der Waals surface area (Å²) in [6.07, 6.45) is -0.255. The Hall–Kier alpha value is -2.41. The van der Waals surface area contributed by atoms with Crippen LogP contribution in [0.25, 0.3) is 0 Å². The second-order valence-corrected chi connectivity index (χ2v) is 5.69. The van der Waals surface area contributed by atoms with Crippen LogP contribution >= 0.6 is 0 Å². The van der Waals surface area contributed by atoms with Crippen molar-refractivity contribution in [3.05, 3.63) is 29.8 Å². The molecule has 2 amide bonds. The molecule has 2 atom stereocenters. The van der Waals surface area contributed by atoms with Gasteiger partial charge in [-0.05, 0) is 32.9 Å². The molecule has 7 heteroatoms. The first kappa shape index (κ1) is 17.9. The summed E-state index contributed by atoms with van der Waals surface area (Å²) >= 11 is 0. The van der Waals surface area contributed by atoms with Gasteiger partial charge in [-0.3, -0.25) is 9.59 Å². The van der Waals surface area contributed by atoms with E-state index in [1.807, 2.05) is 13.8 Å². The van der Waals surface area contributed by atoms with Gasteiger partial charge in [0.25, 0.3) is 0 Å². The molecule has 1 aliphatic rings. The monoisotopic (exact) mass is 334 g/mol. The maximum absolute atomic E-state index is 12.3. The minimum absolute atomic E-state index is 0.127. The molecule has 1 heterocycles. The fraction of sp³-hybridized carbons (Fsp3) is 0.471. The molecule has 7 nitrogen and oxygen atoms in total. The van der Waals surface area contributed by atoms with Crippen molar-refractivity contribution in [1.82, 2.24) is 4.90 Å². The van der Waals surface area contributed by atoms with Gasteiger partial charge >= 0.3 is 17.8 Å². The van der Waals surface area contributed by atoms with E-state index in [2.05, 4.69) is 5.32 Å². The Kier molecular flexibility index (Phi) is 5.92. The van der Waals surface area contributed by atoms with Crippen LogP contribution in [-0.4, -0.2) is 54.6 Å². The average molecular weight is 334 g/mol.